The van der Waals surface area contributed by atoms with E-state index >= 15 is 0 Å². The number of ether oxygens (including phenoxy) is 1. The van der Waals surface area contributed by atoms with Gasteiger partial charge in [-0.1, -0.05) is 6.07 Å². The predicted molar refractivity (Wildman–Crippen MR) is 62.1 cm³/mol. The minimum Gasteiger partial charge on any atom is -0.462 e. The molecule has 0 saturated carbocycles. The summed E-state index contributed by atoms with van der Waals surface area (Å²) < 4.78 is 4.91. The number of anilines is 1. The van der Waals surface area contributed by atoms with Crippen LogP contribution in [0.5, 0.6) is 0 Å². The third kappa shape index (κ3) is 1.95. The van der Waals surface area contributed by atoms with E-state index in [1.165, 1.54) is 0 Å². The van der Waals surface area contributed by atoms with Crippen molar-refractivity contribution in [3.05, 3.63) is 35.9 Å². The Kier molecular flexibility index (Phi) is 2.72. The third-order valence-corrected chi connectivity index (χ3v) is 2.22. The van der Waals surface area contributed by atoms with Gasteiger partial charge in [0.2, 0.25) is 0 Å². The Hall–Kier alpha value is -2.10. The van der Waals surface area contributed by atoms with Crippen LogP contribution in [0, 0.1) is 0 Å². The van der Waals surface area contributed by atoms with E-state index in [4.69, 9.17) is 10.5 Å². The van der Waals surface area contributed by atoms with Gasteiger partial charge in [-0.2, -0.15) is 0 Å². The number of nitrogens with zero attached hydrogens (tertiary/aromatic N) is 1. The smallest absolute Gasteiger partial charge is 0.338 e. The molecule has 0 amide bonds. The van der Waals surface area contributed by atoms with Crippen LogP contribution in [-0.2, 0) is 4.74 Å². The molecule has 0 atom stereocenters. The van der Waals surface area contributed by atoms with Crippen molar-refractivity contribution in [2.45, 2.75) is 6.92 Å². The van der Waals surface area contributed by atoms with Crippen molar-refractivity contribution in [3.63, 3.8) is 0 Å². The molecular formula is C12H12N2O2. The highest BCUT2D eigenvalue weighted by molar-refractivity contribution is 5.94. The van der Waals surface area contributed by atoms with Gasteiger partial charge in [0.05, 0.1) is 17.7 Å². The average Bonchev–Trinajstić information content (AvgIpc) is 2.28. The summed E-state index contributed by atoms with van der Waals surface area (Å²) >= 11 is 0. The second kappa shape index (κ2) is 4.18. The van der Waals surface area contributed by atoms with Crippen LogP contribution < -0.4 is 5.73 Å². The Morgan fingerprint density at radius 2 is 2.12 bits per heavy atom. The molecule has 0 bridgehead atoms. The van der Waals surface area contributed by atoms with E-state index < -0.39 is 0 Å². The molecule has 0 aliphatic heterocycles. The number of rotatable bonds is 2. The van der Waals surface area contributed by atoms with Crippen molar-refractivity contribution in [3.8, 4) is 0 Å². The molecule has 0 saturated heterocycles. The first-order chi connectivity index (χ1) is 7.70. The number of pyridine rings is 1. The molecule has 2 aromatic rings. The first-order valence-electron chi connectivity index (χ1n) is 5.04. The molecule has 1 heterocycles. The van der Waals surface area contributed by atoms with Crippen molar-refractivity contribution in [2.75, 3.05) is 12.3 Å². The van der Waals surface area contributed by atoms with Crippen molar-refractivity contribution in [2.24, 2.45) is 0 Å². The number of fused-ring (bicyclic) bond motifs is 1. The largest absolute Gasteiger partial charge is 0.462 e. The van der Waals surface area contributed by atoms with Gasteiger partial charge in [0, 0.05) is 5.39 Å². The molecule has 82 valence electrons. The lowest BCUT2D eigenvalue weighted by Gasteiger charge is -2.03. The molecule has 1 aromatic heterocycles. The lowest BCUT2D eigenvalue weighted by molar-refractivity contribution is 0.0526. The average molecular weight is 216 g/mol. The summed E-state index contributed by atoms with van der Waals surface area (Å²) in [7, 11) is 0. The predicted octanol–water partition coefficient (Wildman–Crippen LogP) is 1.99. The topological polar surface area (TPSA) is 65.2 Å². The van der Waals surface area contributed by atoms with E-state index in [0.717, 1.165) is 5.39 Å². The summed E-state index contributed by atoms with van der Waals surface area (Å²) in [6.45, 7) is 2.14. The summed E-state index contributed by atoms with van der Waals surface area (Å²) in [4.78, 5) is 15.6. The number of hydrogen-bond donors (Lipinski definition) is 1. The maximum Gasteiger partial charge on any atom is 0.338 e. The van der Waals surface area contributed by atoms with E-state index in [0.29, 0.717) is 23.5 Å². The molecule has 0 fully saturated rings. The molecule has 0 radical (unpaired) electrons. The molecular weight excluding hydrogens is 204 g/mol. The van der Waals surface area contributed by atoms with Crippen LogP contribution >= 0.6 is 0 Å². The number of aromatic nitrogens is 1. The molecule has 0 spiro atoms. The van der Waals surface area contributed by atoms with E-state index in [9.17, 15) is 4.79 Å². The molecule has 4 nitrogen and oxygen atoms in total. The summed E-state index contributed by atoms with van der Waals surface area (Å²) in [6, 6.07) is 8.83. The monoisotopic (exact) mass is 216 g/mol. The number of benzene rings is 1. The summed E-state index contributed by atoms with van der Waals surface area (Å²) in [6.07, 6.45) is 0. The second-order valence-electron chi connectivity index (χ2n) is 3.36. The molecule has 0 aliphatic carbocycles. The number of nitrogens with two attached hydrogens (primary N) is 1. The van der Waals surface area contributed by atoms with Gasteiger partial charge in [-0.25, -0.2) is 9.78 Å². The Balaban J connectivity index is 2.46. The van der Waals surface area contributed by atoms with E-state index in [2.05, 4.69) is 4.98 Å². The van der Waals surface area contributed by atoms with E-state index in [-0.39, 0.29) is 5.97 Å². The minimum atomic E-state index is -0.339. The third-order valence-electron chi connectivity index (χ3n) is 2.22. The fraction of sp³-hybridized carbons (Fsp3) is 0.167. The van der Waals surface area contributed by atoms with Gasteiger partial charge in [-0.05, 0) is 31.2 Å². The minimum absolute atomic E-state index is 0.339. The van der Waals surface area contributed by atoms with Gasteiger partial charge in [0.25, 0.3) is 0 Å². The van der Waals surface area contributed by atoms with Crippen LogP contribution in [0.1, 0.15) is 17.3 Å². The van der Waals surface area contributed by atoms with E-state index in [1.54, 1.807) is 25.1 Å². The normalized spacial score (nSPS) is 10.3. The Bertz CT molecular complexity index is 538. The van der Waals surface area contributed by atoms with Gasteiger partial charge >= 0.3 is 5.97 Å². The number of nitrogen functional groups attached to an aromatic ring is 1. The molecule has 2 rings (SSSR count). The SMILES string of the molecule is CCOC(=O)c1ccc2ccc(N)nc2c1. The highest BCUT2D eigenvalue weighted by atomic mass is 16.5. The van der Waals surface area contributed by atoms with Gasteiger partial charge in [-0.3, -0.25) is 0 Å². The maximum atomic E-state index is 11.5. The fourth-order valence-corrected chi connectivity index (χ4v) is 1.47. The highest BCUT2D eigenvalue weighted by Gasteiger charge is 2.07. The van der Waals surface area contributed by atoms with Crippen molar-refractivity contribution in [1.82, 2.24) is 4.98 Å². The molecule has 2 N–H and O–H groups in total. The summed E-state index contributed by atoms with van der Waals surface area (Å²) in [5.74, 6) is 0.0992. The van der Waals surface area contributed by atoms with Crippen LogP contribution in [0.2, 0.25) is 0 Å². The molecule has 4 heteroatoms. The zero-order valence-corrected chi connectivity index (χ0v) is 8.93. The Labute approximate surface area is 93.0 Å². The molecule has 0 aliphatic rings. The van der Waals surface area contributed by atoms with Crippen LogP contribution in [0.15, 0.2) is 30.3 Å². The van der Waals surface area contributed by atoms with Crippen LogP contribution in [0.25, 0.3) is 10.9 Å². The molecule has 16 heavy (non-hydrogen) atoms. The first kappa shape index (κ1) is 10.4. The Morgan fingerprint density at radius 1 is 1.38 bits per heavy atom. The van der Waals surface area contributed by atoms with Gasteiger partial charge in [0.15, 0.2) is 0 Å². The van der Waals surface area contributed by atoms with Crippen molar-refractivity contribution in [1.29, 1.82) is 0 Å². The summed E-state index contributed by atoms with van der Waals surface area (Å²) in [5.41, 5.74) is 6.77. The highest BCUT2D eigenvalue weighted by Crippen LogP contribution is 2.16. The maximum absolute atomic E-state index is 11.5. The number of hydrogen-bond acceptors (Lipinski definition) is 4. The lowest BCUT2D eigenvalue weighted by atomic mass is 10.1. The lowest BCUT2D eigenvalue weighted by Crippen LogP contribution is -2.04. The fourth-order valence-electron chi connectivity index (χ4n) is 1.47. The Morgan fingerprint density at radius 3 is 2.88 bits per heavy atom. The second-order valence-corrected chi connectivity index (χ2v) is 3.36. The van der Waals surface area contributed by atoms with E-state index in [1.807, 2.05) is 12.1 Å². The van der Waals surface area contributed by atoms with Crippen LogP contribution in [-0.4, -0.2) is 17.6 Å². The van der Waals surface area contributed by atoms with Gasteiger partial charge in [0.1, 0.15) is 5.82 Å². The number of carbonyl (C=O) groups excluding carboxylic acids is 1. The van der Waals surface area contributed by atoms with Gasteiger partial charge in [-0.15, -0.1) is 0 Å². The quantitative estimate of drug-likeness (QED) is 0.780. The van der Waals surface area contributed by atoms with Crippen molar-refractivity contribution >= 4 is 22.7 Å². The first-order valence-corrected chi connectivity index (χ1v) is 5.04. The van der Waals surface area contributed by atoms with Crippen LogP contribution in [0.4, 0.5) is 5.82 Å². The standard InChI is InChI=1S/C12H12N2O2/c1-2-16-12(15)9-4-3-8-5-6-11(13)14-10(8)7-9/h3-7H,2H2,1H3,(H2,13,14). The summed E-state index contributed by atoms with van der Waals surface area (Å²) in [5, 5.41) is 0.947. The molecule has 1 aromatic carbocycles. The number of carbonyl (C=O) groups is 1. The number of esters is 1. The van der Waals surface area contributed by atoms with Crippen molar-refractivity contribution < 1.29 is 9.53 Å². The molecule has 0 unspecified atom stereocenters. The van der Waals surface area contributed by atoms with Crippen LogP contribution in [0.3, 0.4) is 0 Å². The zero-order valence-electron chi connectivity index (χ0n) is 8.93. The zero-order chi connectivity index (χ0) is 11.5. The van der Waals surface area contributed by atoms with Gasteiger partial charge < -0.3 is 10.5 Å².